The minimum atomic E-state index is -0.0790. The Morgan fingerprint density at radius 3 is 2.16 bits per heavy atom. The molecule has 5 aliphatic carbocycles. The van der Waals surface area contributed by atoms with Gasteiger partial charge in [0.1, 0.15) is 0 Å². The summed E-state index contributed by atoms with van der Waals surface area (Å²) in [6, 6.07) is 0. The van der Waals surface area contributed by atoms with E-state index in [0.29, 0.717) is 28.3 Å². The molecule has 5 saturated carbocycles. The lowest BCUT2D eigenvalue weighted by molar-refractivity contribution is -0.247. The van der Waals surface area contributed by atoms with Crippen LogP contribution in [0.1, 0.15) is 119 Å². The van der Waals surface area contributed by atoms with Gasteiger partial charge in [-0.1, -0.05) is 47.5 Å². The zero-order valence-electron chi connectivity index (χ0n) is 21.3. The molecule has 0 N–H and O–H groups in total. The van der Waals surface area contributed by atoms with Crippen LogP contribution >= 0.6 is 0 Å². The largest absolute Gasteiger partial charge is 0.465 e. The van der Waals surface area contributed by atoms with Crippen LogP contribution in [0.3, 0.4) is 0 Å². The molecule has 0 spiro atoms. The van der Waals surface area contributed by atoms with Crippen molar-refractivity contribution in [3.8, 4) is 0 Å². The van der Waals surface area contributed by atoms with E-state index in [9.17, 15) is 4.79 Å². The average molecular weight is 429 g/mol. The first-order valence-electron chi connectivity index (χ1n) is 13.6. The zero-order valence-corrected chi connectivity index (χ0v) is 21.3. The van der Waals surface area contributed by atoms with Crippen molar-refractivity contribution in [2.75, 3.05) is 6.61 Å². The van der Waals surface area contributed by atoms with Gasteiger partial charge in [0.2, 0.25) is 0 Å². The Kier molecular flexibility index (Phi) is 5.02. The molecular weight excluding hydrogens is 380 g/mol. The fourth-order valence-electron chi connectivity index (χ4n) is 11.5. The number of rotatable bonds is 2. The molecule has 0 saturated heterocycles. The molecule has 0 unspecified atom stereocenters. The van der Waals surface area contributed by atoms with Crippen molar-refractivity contribution in [3.63, 3.8) is 0 Å². The first-order valence-corrected chi connectivity index (χ1v) is 13.6. The molecule has 176 valence electrons. The highest BCUT2D eigenvalue weighted by Crippen LogP contribution is 2.77. The molecule has 0 bridgehead atoms. The number of carbonyl (C=O) groups excluding carboxylic acids is 1. The van der Waals surface area contributed by atoms with Crippen molar-refractivity contribution in [1.29, 1.82) is 0 Å². The maximum Gasteiger partial charge on any atom is 0.302 e. The molecule has 5 aliphatic rings. The molecule has 31 heavy (non-hydrogen) atoms. The maximum absolute atomic E-state index is 11.8. The third-order valence-corrected chi connectivity index (χ3v) is 12.9. The molecule has 8 atom stereocenters. The Morgan fingerprint density at radius 1 is 0.742 bits per heavy atom. The van der Waals surface area contributed by atoms with Crippen LogP contribution < -0.4 is 0 Å². The minimum absolute atomic E-state index is 0.0790. The van der Waals surface area contributed by atoms with Crippen LogP contribution in [0.2, 0.25) is 0 Å². The molecule has 0 aromatic carbocycles. The van der Waals surface area contributed by atoms with E-state index in [2.05, 4.69) is 34.6 Å². The van der Waals surface area contributed by atoms with Crippen molar-refractivity contribution in [1.82, 2.24) is 0 Å². The molecule has 0 aliphatic heterocycles. The van der Waals surface area contributed by atoms with E-state index in [1.807, 2.05) is 0 Å². The number of carbonyl (C=O) groups is 1. The van der Waals surface area contributed by atoms with Crippen molar-refractivity contribution in [2.45, 2.75) is 119 Å². The molecule has 5 rings (SSSR count). The van der Waals surface area contributed by atoms with Gasteiger partial charge in [0.15, 0.2) is 0 Å². The second-order valence-electron chi connectivity index (χ2n) is 14.1. The van der Waals surface area contributed by atoms with E-state index in [4.69, 9.17) is 4.74 Å². The van der Waals surface area contributed by atoms with Crippen LogP contribution in [-0.2, 0) is 9.53 Å². The Bertz CT molecular complexity index is 741. The average Bonchev–Trinajstić information content (AvgIpc) is 3.10. The lowest BCUT2D eigenvalue weighted by Gasteiger charge is -2.73. The highest BCUT2D eigenvalue weighted by atomic mass is 16.5. The van der Waals surface area contributed by atoms with Gasteiger partial charge in [-0.25, -0.2) is 0 Å². The summed E-state index contributed by atoms with van der Waals surface area (Å²) in [7, 11) is 0. The molecule has 2 heteroatoms. The van der Waals surface area contributed by atoms with Gasteiger partial charge >= 0.3 is 5.97 Å². The summed E-state index contributed by atoms with van der Waals surface area (Å²) >= 11 is 0. The molecule has 0 aromatic heterocycles. The Labute approximate surface area is 191 Å². The van der Waals surface area contributed by atoms with Crippen molar-refractivity contribution < 1.29 is 9.53 Å². The summed E-state index contributed by atoms with van der Waals surface area (Å²) < 4.78 is 5.84. The molecule has 0 heterocycles. The van der Waals surface area contributed by atoms with Gasteiger partial charge in [0.25, 0.3) is 0 Å². The summed E-state index contributed by atoms with van der Waals surface area (Å²) in [6.07, 6.45) is 16.7. The Balaban J connectivity index is 1.53. The van der Waals surface area contributed by atoms with Crippen molar-refractivity contribution in [2.24, 2.45) is 50.7 Å². The van der Waals surface area contributed by atoms with E-state index < -0.39 is 0 Å². The highest BCUT2D eigenvalue weighted by Gasteiger charge is 2.70. The fraction of sp³-hybridized carbons (Fsp3) is 0.966. The van der Waals surface area contributed by atoms with E-state index >= 15 is 0 Å². The molecule has 2 nitrogen and oxygen atoms in total. The van der Waals surface area contributed by atoms with Crippen LogP contribution in [-0.4, -0.2) is 12.6 Å². The first kappa shape index (κ1) is 22.3. The summed E-state index contributed by atoms with van der Waals surface area (Å²) in [5, 5.41) is 0. The van der Waals surface area contributed by atoms with Crippen LogP contribution in [0.5, 0.6) is 0 Å². The van der Waals surface area contributed by atoms with Gasteiger partial charge in [0.05, 0.1) is 6.61 Å². The smallest absolute Gasteiger partial charge is 0.302 e. The minimum Gasteiger partial charge on any atom is -0.465 e. The first-order chi connectivity index (χ1) is 14.5. The van der Waals surface area contributed by atoms with Gasteiger partial charge in [-0.3, -0.25) is 4.79 Å². The van der Waals surface area contributed by atoms with E-state index in [1.54, 1.807) is 6.92 Å². The summed E-state index contributed by atoms with van der Waals surface area (Å²) in [6.45, 7) is 15.6. The van der Waals surface area contributed by atoms with E-state index in [-0.39, 0.29) is 11.4 Å². The van der Waals surface area contributed by atoms with E-state index in [1.165, 1.54) is 77.0 Å². The normalized spacial score (nSPS) is 53.0. The third kappa shape index (κ3) is 2.84. The summed E-state index contributed by atoms with van der Waals surface area (Å²) in [5.74, 6) is 3.20. The summed E-state index contributed by atoms with van der Waals surface area (Å²) in [4.78, 5) is 11.8. The van der Waals surface area contributed by atoms with E-state index in [0.717, 1.165) is 23.7 Å². The molecule has 0 aromatic rings. The quantitative estimate of drug-likeness (QED) is 0.419. The number of ether oxygens (including phenoxy) is 1. The van der Waals surface area contributed by atoms with Crippen molar-refractivity contribution in [3.05, 3.63) is 0 Å². The monoisotopic (exact) mass is 428 g/mol. The van der Waals surface area contributed by atoms with Gasteiger partial charge < -0.3 is 4.74 Å². The number of esters is 1. The van der Waals surface area contributed by atoms with Gasteiger partial charge in [-0.05, 0) is 110 Å². The zero-order chi connectivity index (χ0) is 22.3. The van der Waals surface area contributed by atoms with Gasteiger partial charge in [-0.2, -0.15) is 0 Å². The topological polar surface area (TPSA) is 26.3 Å². The number of hydrogen-bond donors (Lipinski definition) is 0. The lowest BCUT2D eigenvalue weighted by atomic mass is 9.32. The number of hydrogen-bond acceptors (Lipinski definition) is 2. The molecule has 0 amide bonds. The van der Waals surface area contributed by atoms with Crippen LogP contribution in [0.25, 0.3) is 0 Å². The third-order valence-electron chi connectivity index (χ3n) is 12.9. The van der Waals surface area contributed by atoms with Crippen molar-refractivity contribution >= 4 is 5.97 Å². The lowest BCUT2D eigenvalue weighted by Crippen LogP contribution is -2.66. The van der Waals surface area contributed by atoms with Gasteiger partial charge in [0, 0.05) is 12.3 Å². The second kappa shape index (κ2) is 6.99. The standard InChI is InChI=1S/C29H48O2/c1-20(30)31-19-29-16-7-9-21(29)12-17-28(6)24(29)11-10-23-26(4)15-8-14-25(2,3)22(26)13-18-27(23,28)5/h21-24H,7-19H2,1-6H3/t21-,22+,23-,24+,26+,27-,28-,29-/m1/s1. The number of fused-ring (bicyclic) bond motifs is 7. The Hall–Kier alpha value is -0.530. The molecule has 5 fully saturated rings. The fourth-order valence-corrected chi connectivity index (χ4v) is 11.5. The second-order valence-corrected chi connectivity index (χ2v) is 14.1. The molecule has 0 radical (unpaired) electrons. The highest BCUT2D eigenvalue weighted by molar-refractivity contribution is 5.65. The SMILES string of the molecule is CC(=O)OC[C@]12CCC[C@@H]1CC[C@]1(C)[C@@H]2CC[C@@H]2[C@@]3(C)CCCC(C)(C)[C@@H]3CC[C@]21C. The van der Waals surface area contributed by atoms with Crippen LogP contribution in [0.15, 0.2) is 0 Å². The predicted octanol–water partition coefficient (Wildman–Crippen LogP) is 7.80. The maximum atomic E-state index is 11.8. The Morgan fingerprint density at radius 2 is 1.42 bits per heavy atom. The predicted molar refractivity (Wildman–Crippen MR) is 127 cm³/mol. The summed E-state index contributed by atoms with van der Waals surface area (Å²) in [5.41, 5.74) is 2.11. The van der Waals surface area contributed by atoms with Crippen LogP contribution in [0, 0.1) is 50.7 Å². The van der Waals surface area contributed by atoms with Gasteiger partial charge in [-0.15, -0.1) is 0 Å². The molecular formula is C29H48O2. The van der Waals surface area contributed by atoms with Crippen LogP contribution in [0.4, 0.5) is 0 Å².